The minimum Gasteiger partial charge on any atom is -0.492 e. The van der Waals surface area contributed by atoms with E-state index < -0.39 is 0 Å². The maximum atomic E-state index is 10.1. The predicted octanol–water partition coefficient (Wildman–Crippen LogP) is 1.68. The second-order valence-corrected chi connectivity index (χ2v) is 6.26. The van der Waals surface area contributed by atoms with Crippen molar-refractivity contribution in [1.29, 1.82) is 0 Å². The van der Waals surface area contributed by atoms with Crippen LogP contribution >= 0.6 is 0 Å². The largest absolute Gasteiger partial charge is 0.492 e. The van der Waals surface area contributed by atoms with Gasteiger partial charge in [-0.1, -0.05) is 6.07 Å². The maximum Gasteiger partial charge on any atom is 0.119 e. The van der Waals surface area contributed by atoms with E-state index in [-0.39, 0.29) is 6.10 Å². The molecule has 4 heteroatoms. The first-order valence-corrected chi connectivity index (χ1v) is 8.07. The zero-order valence-corrected chi connectivity index (χ0v) is 12.9. The van der Waals surface area contributed by atoms with Crippen molar-refractivity contribution in [3.8, 4) is 5.75 Å². The SMILES string of the molecule is CN1CCN(CCOc2ccc3c(c2)C(O)CCC3)CC1. The lowest BCUT2D eigenvalue weighted by Crippen LogP contribution is -2.45. The molecule has 1 aromatic rings. The highest BCUT2D eigenvalue weighted by molar-refractivity contribution is 5.38. The fourth-order valence-electron chi connectivity index (χ4n) is 3.21. The fourth-order valence-corrected chi connectivity index (χ4v) is 3.21. The summed E-state index contributed by atoms with van der Waals surface area (Å²) in [4.78, 5) is 4.81. The number of benzene rings is 1. The Kier molecular flexibility index (Phi) is 4.78. The van der Waals surface area contributed by atoms with Crippen LogP contribution in [0.1, 0.15) is 30.1 Å². The van der Waals surface area contributed by atoms with Crippen molar-refractivity contribution in [2.75, 3.05) is 46.4 Å². The van der Waals surface area contributed by atoms with Crippen molar-refractivity contribution in [3.63, 3.8) is 0 Å². The Morgan fingerprint density at radius 1 is 1.24 bits per heavy atom. The van der Waals surface area contributed by atoms with Crippen LogP contribution in [0.15, 0.2) is 18.2 Å². The van der Waals surface area contributed by atoms with Crippen molar-refractivity contribution in [2.45, 2.75) is 25.4 Å². The third-order valence-corrected chi connectivity index (χ3v) is 4.67. The van der Waals surface area contributed by atoms with E-state index >= 15 is 0 Å². The van der Waals surface area contributed by atoms with Crippen LogP contribution < -0.4 is 4.74 Å². The number of aliphatic hydroxyl groups excluding tert-OH is 1. The summed E-state index contributed by atoms with van der Waals surface area (Å²) in [7, 11) is 2.17. The summed E-state index contributed by atoms with van der Waals surface area (Å²) in [5.41, 5.74) is 2.35. The summed E-state index contributed by atoms with van der Waals surface area (Å²) in [5.74, 6) is 0.892. The number of aliphatic hydroxyl groups is 1. The van der Waals surface area contributed by atoms with Gasteiger partial charge in [0.2, 0.25) is 0 Å². The predicted molar refractivity (Wildman–Crippen MR) is 83.8 cm³/mol. The summed E-state index contributed by atoms with van der Waals surface area (Å²) in [6.07, 6.45) is 2.72. The van der Waals surface area contributed by atoms with Gasteiger partial charge in [0.25, 0.3) is 0 Å². The Morgan fingerprint density at radius 2 is 2.05 bits per heavy atom. The van der Waals surface area contributed by atoms with E-state index in [2.05, 4.69) is 22.9 Å². The number of hydrogen-bond acceptors (Lipinski definition) is 4. The van der Waals surface area contributed by atoms with Crippen molar-refractivity contribution in [3.05, 3.63) is 29.3 Å². The third-order valence-electron chi connectivity index (χ3n) is 4.67. The summed E-state index contributed by atoms with van der Waals surface area (Å²) >= 11 is 0. The van der Waals surface area contributed by atoms with Crippen LogP contribution in [-0.4, -0.2) is 61.3 Å². The van der Waals surface area contributed by atoms with Gasteiger partial charge in [-0.05, 0) is 49.6 Å². The first kappa shape index (κ1) is 14.8. The zero-order valence-electron chi connectivity index (χ0n) is 12.9. The Hall–Kier alpha value is -1.10. The van der Waals surface area contributed by atoms with E-state index in [1.54, 1.807) is 0 Å². The molecule has 0 radical (unpaired) electrons. The van der Waals surface area contributed by atoms with Gasteiger partial charge in [0.05, 0.1) is 6.10 Å². The van der Waals surface area contributed by atoms with Crippen LogP contribution in [0.25, 0.3) is 0 Å². The smallest absolute Gasteiger partial charge is 0.119 e. The lowest BCUT2D eigenvalue weighted by atomic mass is 9.89. The zero-order chi connectivity index (χ0) is 14.7. The highest BCUT2D eigenvalue weighted by atomic mass is 16.5. The van der Waals surface area contributed by atoms with Gasteiger partial charge in [-0.25, -0.2) is 0 Å². The number of piperazine rings is 1. The molecule has 3 rings (SSSR count). The van der Waals surface area contributed by atoms with Crippen molar-refractivity contribution in [1.82, 2.24) is 9.80 Å². The van der Waals surface area contributed by atoms with Crippen LogP contribution in [0.3, 0.4) is 0 Å². The van der Waals surface area contributed by atoms with Crippen LogP contribution in [-0.2, 0) is 6.42 Å². The number of ether oxygens (including phenoxy) is 1. The van der Waals surface area contributed by atoms with Crippen molar-refractivity contribution in [2.24, 2.45) is 0 Å². The Bertz CT molecular complexity index is 470. The molecule has 21 heavy (non-hydrogen) atoms. The average Bonchev–Trinajstić information content (AvgIpc) is 2.50. The highest BCUT2D eigenvalue weighted by Crippen LogP contribution is 2.32. The van der Waals surface area contributed by atoms with Gasteiger partial charge in [-0.2, -0.15) is 0 Å². The molecule has 1 saturated heterocycles. The molecule has 0 amide bonds. The van der Waals surface area contributed by atoms with E-state index in [9.17, 15) is 5.11 Å². The molecule has 1 aromatic carbocycles. The van der Waals surface area contributed by atoms with Gasteiger partial charge in [0.1, 0.15) is 12.4 Å². The normalized spacial score (nSPS) is 23.8. The van der Waals surface area contributed by atoms with E-state index in [4.69, 9.17) is 4.74 Å². The van der Waals surface area contributed by atoms with E-state index in [1.807, 2.05) is 12.1 Å². The molecule has 1 unspecified atom stereocenters. The number of rotatable bonds is 4. The molecule has 4 nitrogen and oxygen atoms in total. The lowest BCUT2D eigenvalue weighted by Gasteiger charge is -2.32. The Balaban J connectivity index is 1.50. The van der Waals surface area contributed by atoms with Gasteiger partial charge in [0, 0.05) is 32.7 Å². The summed E-state index contributed by atoms with van der Waals surface area (Å²) in [6.45, 7) is 6.24. The second kappa shape index (κ2) is 6.77. The standard InChI is InChI=1S/C17H26N2O2/c1-18-7-9-19(10-8-18)11-12-21-15-6-5-14-3-2-4-17(20)16(14)13-15/h5-6,13,17,20H,2-4,7-12H2,1H3. The van der Waals surface area contributed by atoms with Gasteiger partial charge in [-0.15, -0.1) is 0 Å². The van der Waals surface area contributed by atoms with Crippen molar-refractivity contribution >= 4 is 0 Å². The molecule has 1 fully saturated rings. The molecule has 1 aliphatic heterocycles. The van der Waals surface area contributed by atoms with Crippen LogP contribution in [0, 0.1) is 0 Å². The highest BCUT2D eigenvalue weighted by Gasteiger charge is 2.18. The molecule has 1 heterocycles. The summed E-state index contributed by atoms with van der Waals surface area (Å²) < 4.78 is 5.88. The van der Waals surface area contributed by atoms with Gasteiger partial charge in [-0.3, -0.25) is 4.90 Å². The number of likely N-dealkylation sites (N-methyl/N-ethyl adjacent to an activating group) is 1. The molecule has 0 bridgehead atoms. The molecule has 116 valence electrons. The van der Waals surface area contributed by atoms with E-state index in [0.717, 1.165) is 69.9 Å². The number of nitrogens with zero attached hydrogens (tertiary/aromatic N) is 2. The van der Waals surface area contributed by atoms with Gasteiger partial charge < -0.3 is 14.7 Å². The third kappa shape index (κ3) is 3.76. The Labute approximate surface area is 127 Å². The van der Waals surface area contributed by atoms with Crippen LogP contribution in [0.4, 0.5) is 0 Å². The quantitative estimate of drug-likeness (QED) is 0.915. The number of fused-ring (bicyclic) bond motifs is 1. The lowest BCUT2D eigenvalue weighted by molar-refractivity contribution is 0.133. The molecule has 2 aliphatic rings. The average molecular weight is 290 g/mol. The monoisotopic (exact) mass is 290 g/mol. The van der Waals surface area contributed by atoms with Crippen LogP contribution in [0.5, 0.6) is 5.75 Å². The molecule has 1 N–H and O–H groups in total. The molecular weight excluding hydrogens is 264 g/mol. The molecule has 1 atom stereocenters. The molecule has 0 aromatic heterocycles. The second-order valence-electron chi connectivity index (χ2n) is 6.26. The minimum atomic E-state index is -0.310. The topological polar surface area (TPSA) is 35.9 Å². The number of aryl methyl sites for hydroxylation is 1. The van der Waals surface area contributed by atoms with Crippen molar-refractivity contribution < 1.29 is 9.84 Å². The van der Waals surface area contributed by atoms with Crippen LogP contribution in [0.2, 0.25) is 0 Å². The van der Waals surface area contributed by atoms with Gasteiger partial charge in [0.15, 0.2) is 0 Å². The molecule has 0 spiro atoms. The summed E-state index contributed by atoms with van der Waals surface area (Å²) in [6, 6.07) is 6.19. The first-order chi connectivity index (χ1) is 10.2. The molecule has 1 aliphatic carbocycles. The minimum absolute atomic E-state index is 0.310. The molecule has 0 saturated carbocycles. The fraction of sp³-hybridized carbons (Fsp3) is 0.647. The van der Waals surface area contributed by atoms with E-state index in [0.29, 0.717) is 0 Å². The first-order valence-electron chi connectivity index (χ1n) is 8.07. The van der Waals surface area contributed by atoms with E-state index in [1.165, 1.54) is 5.56 Å². The Morgan fingerprint density at radius 3 is 2.86 bits per heavy atom. The van der Waals surface area contributed by atoms with Gasteiger partial charge >= 0.3 is 0 Å². The number of hydrogen-bond donors (Lipinski definition) is 1. The maximum absolute atomic E-state index is 10.1. The molecular formula is C17H26N2O2. The summed E-state index contributed by atoms with van der Waals surface area (Å²) in [5, 5.41) is 10.1.